The van der Waals surface area contributed by atoms with Crippen LogP contribution in [0.1, 0.15) is 17.5 Å². The number of alkyl halides is 3. The van der Waals surface area contributed by atoms with Gasteiger partial charge in [-0.3, -0.25) is 0 Å². The zero-order chi connectivity index (χ0) is 14.4. The fourth-order valence-electron chi connectivity index (χ4n) is 1.83. The number of halogens is 3. The maximum Gasteiger partial charge on any atom is 0.416 e. The molecular weight excluding hydrogens is 281 g/mol. The van der Waals surface area contributed by atoms with E-state index in [2.05, 4.69) is 4.72 Å². The highest BCUT2D eigenvalue weighted by Crippen LogP contribution is 2.34. The first-order chi connectivity index (χ1) is 8.63. The summed E-state index contributed by atoms with van der Waals surface area (Å²) < 4.78 is 64.4. The van der Waals surface area contributed by atoms with Gasteiger partial charge in [-0.05, 0) is 31.0 Å². The summed E-state index contributed by atoms with van der Waals surface area (Å²) in [5.41, 5.74) is 4.22. The zero-order valence-electron chi connectivity index (χ0n) is 10.0. The van der Waals surface area contributed by atoms with Gasteiger partial charge in [0, 0.05) is 12.1 Å². The van der Waals surface area contributed by atoms with Gasteiger partial charge >= 0.3 is 6.18 Å². The summed E-state index contributed by atoms with van der Waals surface area (Å²) in [6.45, 7) is 1.14. The summed E-state index contributed by atoms with van der Waals surface area (Å²) in [7, 11) is -3.97. The summed E-state index contributed by atoms with van der Waals surface area (Å²) in [5.74, 6) is 0. The fraction of sp³-hybridized carbons (Fsp3) is 0.455. The van der Waals surface area contributed by atoms with E-state index in [1.165, 1.54) is 0 Å². The lowest BCUT2D eigenvalue weighted by molar-refractivity contribution is -0.138. The van der Waals surface area contributed by atoms with Crippen molar-refractivity contribution < 1.29 is 21.6 Å². The molecule has 0 saturated heterocycles. The normalized spacial score (nSPS) is 23.4. The monoisotopic (exact) mass is 294 g/mol. The van der Waals surface area contributed by atoms with Crippen LogP contribution in [0.4, 0.5) is 13.2 Å². The van der Waals surface area contributed by atoms with Crippen molar-refractivity contribution in [1.82, 2.24) is 4.72 Å². The first-order valence-corrected chi connectivity index (χ1v) is 7.06. The minimum Gasteiger partial charge on any atom is -0.326 e. The SMILES string of the molecule is Cc1c(C(F)(F)F)cccc1S(=O)(=O)NC1CC1N. The van der Waals surface area contributed by atoms with E-state index >= 15 is 0 Å². The molecule has 1 aliphatic carbocycles. The Morgan fingerprint density at radius 1 is 1.37 bits per heavy atom. The summed E-state index contributed by atoms with van der Waals surface area (Å²) in [6.07, 6.45) is -4.08. The Hall–Kier alpha value is -1.12. The van der Waals surface area contributed by atoms with E-state index in [4.69, 9.17) is 5.73 Å². The van der Waals surface area contributed by atoms with Gasteiger partial charge in [0.2, 0.25) is 10.0 Å². The Balaban J connectivity index is 2.40. The largest absolute Gasteiger partial charge is 0.416 e. The molecule has 0 aromatic heterocycles. The highest BCUT2D eigenvalue weighted by atomic mass is 32.2. The Morgan fingerprint density at radius 3 is 2.42 bits per heavy atom. The second-order valence-corrected chi connectivity index (χ2v) is 6.24. The molecule has 106 valence electrons. The predicted molar refractivity (Wildman–Crippen MR) is 62.9 cm³/mol. The van der Waals surface area contributed by atoms with Crippen LogP contribution in [0.5, 0.6) is 0 Å². The smallest absolute Gasteiger partial charge is 0.326 e. The van der Waals surface area contributed by atoms with Gasteiger partial charge in [0.25, 0.3) is 0 Å². The second-order valence-electron chi connectivity index (χ2n) is 4.55. The van der Waals surface area contributed by atoms with Crippen LogP contribution in [-0.4, -0.2) is 20.5 Å². The molecule has 8 heteroatoms. The van der Waals surface area contributed by atoms with Crippen LogP contribution in [0.25, 0.3) is 0 Å². The summed E-state index contributed by atoms with van der Waals surface area (Å²) in [4.78, 5) is -0.360. The lowest BCUT2D eigenvalue weighted by Crippen LogP contribution is -2.30. The Bertz CT molecular complexity index is 598. The van der Waals surface area contributed by atoms with E-state index in [-0.39, 0.29) is 22.5 Å². The van der Waals surface area contributed by atoms with E-state index in [1.54, 1.807) is 0 Å². The molecule has 0 amide bonds. The maximum atomic E-state index is 12.7. The van der Waals surface area contributed by atoms with Crippen molar-refractivity contribution in [2.45, 2.75) is 36.5 Å². The Morgan fingerprint density at radius 2 is 1.95 bits per heavy atom. The fourth-order valence-corrected chi connectivity index (χ4v) is 3.39. The predicted octanol–water partition coefficient (Wildman–Crippen LogP) is 1.39. The first kappa shape index (κ1) is 14.3. The topological polar surface area (TPSA) is 72.2 Å². The molecule has 3 N–H and O–H groups in total. The third-order valence-electron chi connectivity index (χ3n) is 3.03. The van der Waals surface area contributed by atoms with Crippen LogP contribution in [0.2, 0.25) is 0 Å². The summed E-state index contributed by atoms with van der Waals surface area (Å²) in [5, 5.41) is 0. The number of nitrogens with one attached hydrogen (secondary N) is 1. The van der Waals surface area contributed by atoms with E-state index in [9.17, 15) is 21.6 Å². The average molecular weight is 294 g/mol. The maximum absolute atomic E-state index is 12.7. The third-order valence-corrected chi connectivity index (χ3v) is 4.66. The second kappa shape index (κ2) is 4.46. The van der Waals surface area contributed by atoms with Crippen molar-refractivity contribution in [2.75, 3.05) is 0 Å². The van der Waals surface area contributed by atoms with Gasteiger partial charge in [-0.1, -0.05) is 6.07 Å². The minimum absolute atomic E-state index is 0.263. The van der Waals surface area contributed by atoms with Crippen LogP contribution >= 0.6 is 0 Å². The van der Waals surface area contributed by atoms with E-state index in [0.29, 0.717) is 6.42 Å². The van der Waals surface area contributed by atoms with Crippen molar-refractivity contribution in [1.29, 1.82) is 0 Å². The molecule has 1 saturated carbocycles. The summed E-state index contributed by atoms with van der Waals surface area (Å²) >= 11 is 0. The highest BCUT2D eigenvalue weighted by molar-refractivity contribution is 7.89. The highest BCUT2D eigenvalue weighted by Gasteiger charge is 2.39. The van der Waals surface area contributed by atoms with Crippen LogP contribution < -0.4 is 10.5 Å². The molecule has 0 bridgehead atoms. The van der Waals surface area contributed by atoms with Crippen molar-refractivity contribution >= 4 is 10.0 Å². The van der Waals surface area contributed by atoms with Crippen LogP contribution in [0.15, 0.2) is 23.1 Å². The lowest BCUT2D eigenvalue weighted by Gasteiger charge is -2.14. The molecule has 2 unspecified atom stereocenters. The number of rotatable bonds is 3. The molecule has 0 spiro atoms. The molecule has 2 rings (SSSR count). The first-order valence-electron chi connectivity index (χ1n) is 5.57. The molecule has 1 aliphatic rings. The van der Waals surface area contributed by atoms with E-state index in [0.717, 1.165) is 25.1 Å². The number of hydrogen-bond acceptors (Lipinski definition) is 3. The van der Waals surface area contributed by atoms with Gasteiger partial charge in [-0.15, -0.1) is 0 Å². The van der Waals surface area contributed by atoms with Crippen molar-refractivity contribution in [2.24, 2.45) is 5.73 Å². The van der Waals surface area contributed by atoms with Gasteiger partial charge in [0.05, 0.1) is 10.5 Å². The molecule has 0 radical (unpaired) electrons. The van der Waals surface area contributed by atoms with Gasteiger partial charge in [-0.2, -0.15) is 13.2 Å². The molecule has 0 heterocycles. The van der Waals surface area contributed by atoms with E-state index in [1.807, 2.05) is 0 Å². The van der Waals surface area contributed by atoms with Crippen LogP contribution in [0.3, 0.4) is 0 Å². The lowest BCUT2D eigenvalue weighted by atomic mass is 10.1. The standard InChI is InChI=1S/C11H13F3N2O2S/c1-6-7(11(12,13)14)3-2-4-10(6)19(17,18)16-9-5-8(9)15/h2-4,8-9,16H,5,15H2,1H3. The molecule has 1 aromatic rings. The number of nitrogens with two attached hydrogens (primary N) is 1. The van der Waals surface area contributed by atoms with Crippen molar-refractivity contribution in [3.05, 3.63) is 29.3 Å². The van der Waals surface area contributed by atoms with Crippen LogP contribution in [0, 0.1) is 6.92 Å². The third kappa shape index (κ3) is 2.90. The molecule has 0 aliphatic heterocycles. The Kier molecular flexibility index (Phi) is 3.36. The van der Waals surface area contributed by atoms with Crippen LogP contribution in [-0.2, 0) is 16.2 Å². The average Bonchev–Trinajstić information content (AvgIpc) is 2.91. The van der Waals surface area contributed by atoms with E-state index < -0.39 is 21.8 Å². The van der Waals surface area contributed by atoms with Gasteiger partial charge in [0.1, 0.15) is 0 Å². The van der Waals surface area contributed by atoms with Crippen molar-refractivity contribution in [3.8, 4) is 0 Å². The number of benzene rings is 1. The molecular formula is C11H13F3N2O2S. The quantitative estimate of drug-likeness (QED) is 0.885. The number of hydrogen-bond donors (Lipinski definition) is 2. The molecule has 2 atom stereocenters. The van der Waals surface area contributed by atoms with Gasteiger partial charge < -0.3 is 5.73 Å². The molecule has 4 nitrogen and oxygen atoms in total. The van der Waals surface area contributed by atoms with Gasteiger partial charge in [0.15, 0.2) is 0 Å². The molecule has 1 fully saturated rings. The molecule has 1 aromatic carbocycles. The summed E-state index contributed by atoms with van der Waals surface area (Å²) in [6, 6.07) is 2.44. The van der Waals surface area contributed by atoms with Crippen molar-refractivity contribution in [3.63, 3.8) is 0 Å². The minimum atomic E-state index is -4.58. The van der Waals surface area contributed by atoms with Gasteiger partial charge in [-0.25, -0.2) is 13.1 Å². The zero-order valence-corrected chi connectivity index (χ0v) is 10.8. The molecule has 19 heavy (non-hydrogen) atoms. The number of sulfonamides is 1. The Labute approximate surface area is 108 Å².